The molecular weight excluding hydrogens is 599 g/mol. The van der Waals surface area contributed by atoms with E-state index >= 15 is 0 Å². The van der Waals surface area contributed by atoms with E-state index in [-0.39, 0.29) is 6.71 Å². The number of hydrogen-bond acceptors (Lipinski definition) is 4. The van der Waals surface area contributed by atoms with Crippen molar-refractivity contribution in [3.05, 3.63) is 127 Å². The average Bonchev–Trinajstić information content (AvgIpc) is 3.81. The average molecular weight is 620 g/mol. The Kier molecular flexibility index (Phi) is 4.15. The highest BCUT2D eigenvalue weighted by molar-refractivity contribution is 7.04. The Bertz CT molecular complexity index is 2960. The van der Waals surface area contributed by atoms with Gasteiger partial charge < -0.3 is 0 Å². The lowest BCUT2D eigenvalue weighted by molar-refractivity contribution is 0.811. The first kappa shape index (κ1) is 24.6. The van der Waals surface area contributed by atoms with Gasteiger partial charge in [-0.05, 0) is 83.1 Å². The number of aromatic nitrogens is 6. The molecule has 49 heavy (non-hydrogen) atoms. The Balaban J connectivity index is 1.35. The smallest absolute Gasteiger partial charge is 0.214 e. The van der Waals surface area contributed by atoms with Crippen LogP contribution in [-0.4, -0.2) is 36.7 Å². The molecule has 13 rings (SSSR count). The molecule has 0 atom stereocenters. The molecule has 0 saturated carbocycles. The summed E-state index contributed by atoms with van der Waals surface area (Å²) in [5.41, 5.74) is 16.8. The summed E-state index contributed by atoms with van der Waals surface area (Å²) in [5, 5.41) is 27.5. The van der Waals surface area contributed by atoms with Crippen LogP contribution < -0.4 is 16.4 Å². The van der Waals surface area contributed by atoms with E-state index in [1.165, 1.54) is 48.7 Å². The van der Waals surface area contributed by atoms with Crippen LogP contribution in [-0.2, 0) is 0 Å². The molecule has 3 aliphatic rings. The second-order valence-corrected chi connectivity index (χ2v) is 13.5. The van der Waals surface area contributed by atoms with Crippen LogP contribution >= 0.6 is 0 Å². The number of benzene rings is 8. The van der Waals surface area contributed by atoms with Gasteiger partial charge in [-0.1, -0.05) is 126 Å². The summed E-state index contributed by atoms with van der Waals surface area (Å²) in [6.45, 7) is -0.0167. The molecule has 6 nitrogen and oxygen atoms in total. The van der Waals surface area contributed by atoms with Gasteiger partial charge in [0.15, 0.2) is 0 Å². The summed E-state index contributed by atoms with van der Waals surface area (Å²) in [5.74, 6) is 0. The van der Waals surface area contributed by atoms with Gasteiger partial charge in [-0.2, -0.15) is 0 Å². The van der Waals surface area contributed by atoms with Crippen molar-refractivity contribution in [2.24, 2.45) is 0 Å². The van der Waals surface area contributed by atoms with E-state index in [9.17, 15) is 0 Å². The van der Waals surface area contributed by atoms with Crippen molar-refractivity contribution in [3.63, 3.8) is 0 Å². The minimum absolute atomic E-state index is 0.0167. The summed E-state index contributed by atoms with van der Waals surface area (Å²) in [7, 11) is 0. The SMILES string of the molecule is c1ccc(-c2cc3c4c(c2)-n2nnc5c(-c6ccccc6)c6ccc7ccc8c(-c9ccccc9)c9nnn-3c9c3c8c7c6c(c52)B43)cc1. The third-order valence-corrected chi connectivity index (χ3v) is 11.3. The third-order valence-electron chi connectivity index (χ3n) is 11.3. The van der Waals surface area contributed by atoms with Gasteiger partial charge in [0, 0.05) is 11.1 Å². The normalized spacial score (nSPS) is 13.3. The fourth-order valence-electron chi connectivity index (χ4n) is 9.46. The molecule has 3 aliphatic heterocycles. The highest BCUT2D eigenvalue weighted by Gasteiger charge is 2.46. The van der Waals surface area contributed by atoms with Gasteiger partial charge in [0.25, 0.3) is 6.71 Å². The molecule has 5 heterocycles. The van der Waals surface area contributed by atoms with Crippen LogP contribution in [0.25, 0.3) is 99.1 Å². The van der Waals surface area contributed by atoms with Crippen LogP contribution in [0.15, 0.2) is 127 Å². The fraction of sp³-hybridized carbons (Fsp3) is 0. The van der Waals surface area contributed by atoms with Crippen molar-refractivity contribution in [3.8, 4) is 44.8 Å². The van der Waals surface area contributed by atoms with Gasteiger partial charge in [0.05, 0.1) is 22.4 Å². The Morgan fingerprint density at radius 1 is 0.429 bits per heavy atom. The van der Waals surface area contributed by atoms with Crippen molar-refractivity contribution >= 4 is 77.5 Å². The Morgan fingerprint density at radius 2 is 0.898 bits per heavy atom. The lowest BCUT2D eigenvalue weighted by Gasteiger charge is -2.36. The van der Waals surface area contributed by atoms with Gasteiger partial charge >= 0.3 is 0 Å². The van der Waals surface area contributed by atoms with E-state index in [0.29, 0.717) is 0 Å². The van der Waals surface area contributed by atoms with Gasteiger partial charge in [-0.3, -0.25) is 0 Å². The van der Waals surface area contributed by atoms with Crippen LogP contribution in [0.3, 0.4) is 0 Å². The zero-order valence-electron chi connectivity index (χ0n) is 25.9. The number of nitrogens with zero attached hydrogens (tertiary/aromatic N) is 6. The van der Waals surface area contributed by atoms with Gasteiger partial charge in [0.1, 0.15) is 11.0 Å². The number of fused-ring (bicyclic) bond motifs is 2. The molecule has 2 aromatic heterocycles. The fourth-order valence-corrected chi connectivity index (χ4v) is 9.46. The molecule has 0 saturated heterocycles. The van der Waals surface area contributed by atoms with Crippen molar-refractivity contribution < 1.29 is 0 Å². The van der Waals surface area contributed by atoms with Crippen molar-refractivity contribution in [2.45, 2.75) is 0 Å². The zero-order valence-corrected chi connectivity index (χ0v) is 25.9. The second kappa shape index (κ2) is 8.27. The standard InChI is InChI=1S/C42H21BN6/c1-4-10-22(11-5-1)26-20-29-36-30(21-26)49-42-38-35-28(32(40(42)45-47-49)24-14-8-3-9-15-24)19-17-25-16-18-27-31(23-12-6-2-7-13-23)39-41(48(29)46-44-39)37(43(36)38)34(27)33(25)35/h1-21H. The Morgan fingerprint density at radius 3 is 1.39 bits per heavy atom. The predicted octanol–water partition coefficient (Wildman–Crippen LogP) is 7.07. The quantitative estimate of drug-likeness (QED) is 0.157. The van der Waals surface area contributed by atoms with Crippen LogP contribution in [0.1, 0.15) is 0 Å². The van der Waals surface area contributed by atoms with E-state index in [4.69, 9.17) is 20.6 Å². The molecule has 0 bridgehead atoms. The van der Waals surface area contributed by atoms with E-state index in [1.54, 1.807) is 0 Å². The third kappa shape index (κ3) is 2.73. The van der Waals surface area contributed by atoms with Crippen LogP contribution in [0.5, 0.6) is 0 Å². The Labute approximate surface area is 278 Å². The van der Waals surface area contributed by atoms with E-state index < -0.39 is 0 Å². The van der Waals surface area contributed by atoms with Crippen LogP contribution in [0, 0.1) is 0 Å². The maximum Gasteiger partial charge on any atom is 0.254 e. The highest BCUT2D eigenvalue weighted by atomic mass is 15.4. The largest absolute Gasteiger partial charge is 0.254 e. The molecule has 0 N–H and O–H groups in total. The molecule has 0 fully saturated rings. The van der Waals surface area contributed by atoms with Crippen molar-refractivity contribution in [1.29, 1.82) is 0 Å². The van der Waals surface area contributed by atoms with Crippen molar-refractivity contribution in [1.82, 2.24) is 30.0 Å². The van der Waals surface area contributed by atoms with Crippen LogP contribution in [0.2, 0.25) is 0 Å². The topological polar surface area (TPSA) is 61.4 Å². The number of rotatable bonds is 3. The minimum Gasteiger partial charge on any atom is -0.214 e. The summed E-state index contributed by atoms with van der Waals surface area (Å²) >= 11 is 0. The predicted molar refractivity (Wildman–Crippen MR) is 198 cm³/mol. The lowest BCUT2D eigenvalue weighted by atomic mass is 9.31. The maximum atomic E-state index is 5.01. The summed E-state index contributed by atoms with van der Waals surface area (Å²) in [6.07, 6.45) is 0. The molecule has 0 radical (unpaired) electrons. The summed E-state index contributed by atoms with van der Waals surface area (Å²) in [6, 6.07) is 45.8. The Hall–Kier alpha value is -6.60. The highest BCUT2D eigenvalue weighted by Crippen LogP contribution is 2.47. The summed E-state index contributed by atoms with van der Waals surface area (Å²) in [4.78, 5) is 0. The zero-order chi connectivity index (χ0) is 31.5. The molecule has 222 valence electrons. The van der Waals surface area contributed by atoms with Crippen LogP contribution in [0.4, 0.5) is 0 Å². The monoisotopic (exact) mass is 620 g/mol. The first-order valence-corrected chi connectivity index (χ1v) is 16.7. The molecule has 0 amide bonds. The van der Waals surface area contributed by atoms with E-state index in [1.807, 2.05) is 0 Å². The van der Waals surface area contributed by atoms with Gasteiger partial charge in [-0.15, -0.1) is 10.2 Å². The van der Waals surface area contributed by atoms with E-state index in [0.717, 1.165) is 66.8 Å². The summed E-state index contributed by atoms with van der Waals surface area (Å²) < 4.78 is 4.22. The molecular formula is C42H21BN6. The molecule has 0 spiro atoms. The number of hydrogen-bond donors (Lipinski definition) is 0. The molecule has 7 heteroatoms. The first-order valence-electron chi connectivity index (χ1n) is 16.7. The molecule has 8 aromatic carbocycles. The molecule has 10 aromatic rings. The van der Waals surface area contributed by atoms with Gasteiger partial charge in [-0.25, -0.2) is 9.36 Å². The minimum atomic E-state index is -0.0167. The molecule has 0 unspecified atom stereocenters. The molecule has 0 aliphatic carbocycles. The second-order valence-electron chi connectivity index (χ2n) is 13.5. The van der Waals surface area contributed by atoms with Crippen molar-refractivity contribution in [2.75, 3.05) is 0 Å². The van der Waals surface area contributed by atoms with Gasteiger partial charge in [0.2, 0.25) is 0 Å². The van der Waals surface area contributed by atoms with E-state index in [2.05, 4.69) is 137 Å². The first-order chi connectivity index (χ1) is 24.3. The lowest BCUT2D eigenvalue weighted by Crippen LogP contribution is -2.61. The maximum absolute atomic E-state index is 5.01.